The Labute approximate surface area is 119 Å². The van der Waals surface area contributed by atoms with Gasteiger partial charge in [-0.1, -0.05) is 17.7 Å². The Balaban J connectivity index is 2.27. The van der Waals surface area contributed by atoms with Crippen molar-refractivity contribution in [2.24, 2.45) is 0 Å². The molecule has 1 saturated heterocycles. The molecule has 0 aromatic heterocycles. The van der Waals surface area contributed by atoms with Crippen LogP contribution in [0.2, 0.25) is 0 Å². The van der Waals surface area contributed by atoms with E-state index in [-0.39, 0.29) is 11.9 Å². The molecule has 1 amide bonds. The van der Waals surface area contributed by atoms with Gasteiger partial charge < -0.3 is 9.64 Å². The number of piperidine rings is 1. The summed E-state index contributed by atoms with van der Waals surface area (Å²) in [6.07, 6.45) is 2.57. The molecule has 1 aliphatic heterocycles. The number of carbonyl (C=O) groups excluding carboxylic acids is 2. The highest BCUT2D eigenvalue weighted by Gasteiger charge is 2.33. The van der Waals surface area contributed by atoms with E-state index in [1.54, 1.807) is 4.90 Å². The van der Waals surface area contributed by atoms with E-state index in [0.717, 1.165) is 24.0 Å². The molecule has 0 unspecified atom stereocenters. The van der Waals surface area contributed by atoms with E-state index in [2.05, 4.69) is 0 Å². The van der Waals surface area contributed by atoms with Crippen molar-refractivity contribution in [2.75, 3.05) is 13.7 Å². The zero-order valence-corrected chi connectivity index (χ0v) is 12.3. The Kier molecular flexibility index (Phi) is 4.42. The predicted molar refractivity (Wildman–Crippen MR) is 76.6 cm³/mol. The van der Waals surface area contributed by atoms with Gasteiger partial charge in [0.15, 0.2) is 0 Å². The fourth-order valence-electron chi connectivity index (χ4n) is 2.76. The third-order valence-corrected chi connectivity index (χ3v) is 3.85. The molecule has 108 valence electrons. The Morgan fingerprint density at radius 2 is 2.00 bits per heavy atom. The molecule has 20 heavy (non-hydrogen) atoms. The standard InChI is InChI=1S/C16H21NO3/c1-11-7-8-13(12(2)10-11)15(18)17-9-5-4-6-14(17)16(19)20-3/h7-8,10,14H,4-6,9H2,1-3H3/t14-/m1/s1. The first-order chi connectivity index (χ1) is 9.54. The second-order valence-corrected chi connectivity index (χ2v) is 5.35. The maximum atomic E-state index is 12.7. The van der Waals surface area contributed by atoms with Gasteiger partial charge in [-0.05, 0) is 44.7 Å². The summed E-state index contributed by atoms with van der Waals surface area (Å²) in [6.45, 7) is 4.54. The number of ether oxygens (including phenoxy) is 1. The van der Waals surface area contributed by atoms with E-state index in [1.165, 1.54) is 7.11 Å². The highest BCUT2D eigenvalue weighted by Crippen LogP contribution is 2.22. The van der Waals surface area contributed by atoms with Crippen LogP contribution in [0.1, 0.15) is 40.7 Å². The maximum Gasteiger partial charge on any atom is 0.328 e. The molecule has 0 saturated carbocycles. The van der Waals surface area contributed by atoms with E-state index in [1.807, 2.05) is 32.0 Å². The summed E-state index contributed by atoms with van der Waals surface area (Å²) in [5.74, 6) is -0.389. The summed E-state index contributed by atoms with van der Waals surface area (Å²) in [5.41, 5.74) is 2.75. The molecule has 0 N–H and O–H groups in total. The fourth-order valence-corrected chi connectivity index (χ4v) is 2.76. The van der Waals surface area contributed by atoms with Gasteiger partial charge in [0.25, 0.3) is 5.91 Å². The van der Waals surface area contributed by atoms with Crippen LogP contribution in [0.5, 0.6) is 0 Å². The average molecular weight is 275 g/mol. The number of likely N-dealkylation sites (tertiary alicyclic amines) is 1. The molecule has 2 rings (SSSR count). The minimum absolute atomic E-state index is 0.0717. The third-order valence-electron chi connectivity index (χ3n) is 3.85. The lowest BCUT2D eigenvalue weighted by molar-refractivity contribution is -0.147. The van der Waals surface area contributed by atoms with E-state index in [9.17, 15) is 9.59 Å². The number of hydrogen-bond acceptors (Lipinski definition) is 3. The molecule has 1 aromatic rings. The summed E-state index contributed by atoms with van der Waals surface area (Å²) in [7, 11) is 1.37. The maximum absolute atomic E-state index is 12.7. The van der Waals surface area contributed by atoms with Gasteiger partial charge >= 0.3 is 5.97 Å². The summed E-state index contributed by atoms with van der Waals surface area (Å²) < 4.78 is 4.82. The molecule has 1 fully saturated rings. The summed E-state index contributed by atoms with van der Waals surface area (Å²) in [5, 5.41) is 0. The first-order valence-electron chi connectivity index (χ1n) is 7.00. The van der Waals surface area contributed by atoms with Gasteiger partial charge in [-0.2, -0.15) is 0 Å². The summed E-state index contributed by atoms with van der Waals surface area (Å²) >= 11 is 0. The minimum Gasteiger partial charge on any atom is -0.467 e. The van der Waals surface area contributed by atoms with E-state index >= 15 is 0 Å². The van der Waals surface area contributed by atoms with Gasteiger partial charge in [0.2, 0.25) is 0 Å². The van der Waals surface area contributed by atoms with Crippen molar-refractivity contribution in [3.63, 3.8) is 0 Å². The van der Waals surface area contributed by atoms with Gasteiger partial charge in [-0.25, -0.2) is 4.79 Å². The van der Waals surface area contributed by atoms with Crippen molar-refractivity contribution in [3.05, 3.63) is 34.9 Å². The van der Waals surface area contributed by atoms with Crippen molar-refractivity contribution < 1.29 is 14.3 Å². The average Bonchev–Trinajstić information content (AvgIpc) is 2.46. The highest BCUT2D eigenvalue weighted by atomic mass is 16.5. The zero-order chi connectivity index (χ0) is 14.7. The van der Waals surface area contributed by atoms with Crippen molar-refractivity contribution in [1.82, 2.24) is 4.90 Å². The van der Waals surface area contributed by atoms with Crippen molar-refractivity contribution in [3.8, 4) is 0 Å². The molecule has 4 heteroatoms. The quantitative estimate of drug-likeness (QED) is 0.779. The minimum atomic E-state index is -0.443. The lowest BCUT2D eigenvalue weighted by Crippen LogP contribution is -2.48. The molecule has 0 spiro atoms. The number of esters is 1. The fraction of sp³-hybridized carbons (Fsp3) is 0.500. The van der Waals surface area contributed by atoms with Crippen LogP contribution < -0.4 is 0 Å². The number of aryl methyl sites for hydroxylation is 2. The number of hydrogen-bond donors (Lipinski definition) is 0. The smallest absolute Gasteiger partial charge is 0.328 e. The third kappa shape index (κ3) is 2.84. The van der Waals surface area contributed by atoms with Crippen LogP contribution in [-0.2, 0) is 9.53 Å². The van der Waals surface area contributed by atoms with Gasteiger partial charge in [0.1, 0.15) is 6.04 Å². The van der Waals surface area contributed by atoms with Crippen molar-refractivity contribution in [2.45, 2.75) is 39.2 Å². The van der Waals surface area contributed by atoms with Gasteiger partial charge in [0, 0.05) is 12.1 Å². The Morgan fingerprint density at radius 3 is 2.65 bits per heavy atom. The molecule has 1 aliphatic rings. The van der Waals surface area contributed by atoms with Crippen LogP contribution in [0.4, 0.5) is 0 Å². The Bertz CT molecular complexity index is 524. The predicted octanol–water partition coefficient (Wildman–Crippen LogP) is 2.47. The highest BCUT2D eigenvalue weighted by molar-refractivity contribution is 5.98. The second-order valence-electron chi connectivity index (χ2n) is 5.35. The number of carbonyl (C=O) groups is 2. The van der Waals surface area contributed by atoms with E-state index < -0.39 is 6.04 Å². The van der Waals surface area contributed by atoms with Gasteiger partial charge in [-0.15, -0.1) is 0 Å². The molecule has 1 atom stereocenters. The topological polar surface area (TPSA) is 46.6 Å². The first kappa shape index (κ1) is 14.6. The van der Waals surface area contributed by atoms with Gasteiger partial charge in [-0.3, -0.25) is 4.79 Å². The van der Waals surface area contributed by atoms with Crippen LogP contribution in [0.3, 0.4) is 0 Å². The largest absolute Gasteiger partial charge is 0.467 e. The van der Waals surface area contributed by atoms with Crippen LogP contribution in [-0.4, -0.2) is 36.5 Å². The normalized spacial score (nSPS) is 18.8. The summed E-state index contributed by atoms with van der Waals surface area (Å²) in [6, 6.07) is 5.32. The van der Waals surface area contributed by atoms with Crippen LogP contribution in [0.25, 0.3) is 0 Å². The molecule has 4 nitrogen and oxygen atoms in total. The molecule has 1 heterocycles. The van der Waals surface area contributed by atoms with Gasteiger partial charge in [0.05, 0.1) is 7.11 Å². The van der Waals surface area contributed by atoms with E-state index in [4.69, 9.17) is 4.74 Å². The molecule has 0 aliphatic carbocycles. The van der Waals surface area contributed by atoms with Crippen LogP contribution in [0, 0.1) is 13.8 Å². The summed E-state index contributed by atoms with van der Waals surface area (Å²) in [4.78, 5) is 26.2. The van der Waals surface area contributed by atoms with Crippen molar-refractivity contribution >= 4 is 11.9 Å². The second kappa shape index (κ2) is 6.07. The number of amides is 1. The monoisotopic (exact) mass is 275 g/mol. The SMILES string of the molecule is COC(=O)[C@H]1CCCCN1C(=O)c1ccc(C)cc1C. The lowest BCUT2D eigenvalue weighted by atomic mass is 9.99. The number of methoxy groups -OCH3 is 1. The van der Waals surface area contributed by atoms with Crippen LogP contribution in [0.15, 0.2) is 18.2 Å². The van der Waals surface area contributed by atoms with Crippen molar-refractivity contribution in [1.29, 1.82) is 0 Å². The number of benzene rings is 1. The van der Waals surface area contributed by atoms with E-state index in [0.29, 0.717) is 18.5 Å². The zero-order valence-electron chi connectivity index (χ0n) is 12.3. The molecule has 0 bridgehead atoms. The molecular weight excluding hydrogens is 254 g/mol. The molecule has 0 radical (unpaired) electrons. The first-order valence-corrected chi connectivity index (χ1v) is 7.00. The Morgan fingerprint density at radius 1 is 1.25 bits per heavy atom. The number of rotatable bonds is 2. The van der Waals surface area contributed by atoms with Crippen LogP contribution >= 0.6 is 0 Å². The Hall–Kier alpha value is -1.84. The number of nitrogens with zero attached hydrogens (tertiary/aromatic N) is 1. The molecular formula is C16H21NO3. The lowest BCUT2D eigenvalue weighted by Gasteiger charge is -2.34. The molecule has 1 aromatic carbocycles.